The summed E-state index contributed by atoms with van der Waals surface area (Å²) in [5, 5.41) is 5.24. The Hall–Kier alpha value is -0.240. The van der Waals surface area contributed by atoms with Crippen LogP contribution in [0.1, 0.15) is 51.6 Å². The van der Waals surface area contributed by atoms with E-state index in [1.54, 1.807) is 0 Å². The van der Waals surface area contributed by atoms with Crippen LogP contribution in [0.5, 0.6) is 0 Å². The lowest BCUT2D eigenvalue weighted by Gasteiger charge is -2.31. The monoisotopic (exact) mass is 285 g/mol. The molecule has 2 unspecified atom stereocenters. The van der Waals surface area contributed by atoms with E-state index in [2.05, 4.69) is 26.1 Å². The molecule has 18 heavy (non-hydrogen) atoms. The first kappa shape index (κ1) is 14.2. The summed E-state index contributed by atoms with van der Waals surface area (Å²) < 4.78 is 0. The van der Waals surface area contributed by atoms with E-state index in [-0.39, 0.29) is 6.04 Å². The SMILES string of the molecule is CC(NC1CCCC1(C)C)c1cc(Cl)ccc1Cl. The van der Waals surface area contributed by atoms with Crippen molar-refractivity contribution >= 4 is 23.2 Å². The fourth-order valence-electron chi connectivity index (χ4n) is 2.87. The van der Waals surface area contributed by atoms with Crippen LogP contribution < -0.4 is 5.32 Å². The largest absolute Gasteiger partial charge is 0.307 e. The van der Waals surface area contributed by atoms with Crippen LogP contribution in [-0.2, 0) is 0 Å². The molecular weight excluding hydrogens is 265 g/mol. The number of halogens is 2. The van der Waals surface area contributed by atoms with Crippen molar-refractivity contribution in [1.29, 1.82) is 0 Å². The van der Waals surface area contributed by atoms with Crippen molar-refractivity contribution in [3.05, 3.63) is 33.8 Å². The maximum atomic E-state index is 6.25. The van der Waals surface area contributed by atoms with Gasteiger partial charge in [-0.3, -0.25) is 0 Å². The first-order valence-corrected chi connectivity index (χ1v) is 7.37. The van der Waals surface area contributed by atoms with Gasteiger partial charge in [-0.15, -0.1) is 0 Å². The highest BCUT2D eigenvalue weighted by molar-refractivity contribution is 6.33. The lowest BCUT2D eigenvalue weighted by atomic mass is 9.86. The molecule has 100 valence electrons. The molecule has 0 bridgehead atoms. The minimum atomic E-state index is 0.235. The lowest BCUT2D eigenvalue weighted by molar-refractivity contribution is 0.266. The number of hydrogen-bond donors (Lipinski definition) is 1. The minimum Gasteiger partial charge on any atom is -0.307 e. The van der Waals surface area contributed by atoms with Gasteiger partial charge in [-0.25, -0.2) is 0 Å². The molecule has 2 atom stereocenters. The Bertz CT molecular complexity index is 429. The van der Waals surface area contributed by atoms with Gasteiger partial charge in [0.05, 0.1) is 0 Å². The Labute approximate surface area is 120 Å². The normalized spacial score (nSPS) is 24.2. The molecule has 0 aliphatic heterocycles. The zero-order valence-electron chi connectivity index (χ0n) is 11.3. The molecule has 1 nitrogen and oxygen atoms in total. The molecule has 1 aromatic rings. The zero-order chi connectivity index (χ0) is 13.3. The highest BCUT2D eigenvalue weighted by Crippen LogP contribution is 2.39. The van der Waals surface area contributed by atoms with Crippen molar-refractivity contribution in [2.45, 2.75) is 52.1 Å². The van der Waals surface area contributed by atoms with E-state index in [0.29, 0.717) is 11.5 Å². The van der Waals surface area contributed by atoms with Crippen molar-refractivity contribution < 1.29 is 0 Å². The standard InChI is InChI=1S/C15H21Cl2N/c1-10(12-9-11(16)6-7-13(12)17)18-14-5-4-8-15(14,2)3/h6-7,9-10,14,18H,4-5,8H2,1-3H3. The zero-order valence-corrected chi connectivity index (χ0v) is 12.8. The molecule has 1 fully saturated rings. The van der Waals surface area contributed by atoms with Crippen LogP contribution in [0.25, 0.3) is 0 Å². The van der Waals surface area contributed by atoms with Crippen LogP contribution in [0, 0.1) is 5.41 Å². The summed E-state index contributed by atoms with van der Waals surface area (Å²) in [5.74, 6) is 0. The fourth-order valence-corrected chi connectivity index (χ4v) is 3.34. The molecule has 0 radical (unpaired) electrons. The molecule has 1 aliphatic carbocycles. The Morgan fingerprint density at radius 2 is 2.06 bits per heavy atom. The van der Waals surface area contributed by atoms with Gasteiger partial charge in [0, 0.05) is 22.1 Å². The molecule has 3 heteroatoms. The minimum absolute atomic E-state index is 0.235. The van der Waals surface area contributed by atoms with Gasteiger partial charge in [-0.05, 0) is 48.9 Å². The molecule has 1 aromatic carbocycles. The van der Waals surface area contributed by atoms with Crippen LogP contribution in [0.3, 0.4) is 0 Å². The molecule has 2 rings (SSSR count). The Kier molecular flexibility index (Phi) is 4.25. The van der Waals surface area contributed by atoms with E-state index in [1.807, 2.05) is 18.2 Å². The average molecular weight is 286 g/mol. The molecule has 0 saturated heterocycles. The third-order valence-corrected chi connectivity index (χ3v) is 4.71. The highest BCUT2D eigenvalue weighted by Gasteiger charge is 2.35. The van der Waals surface area contributed by atoms with E-state index in [0.717, 1.165) is 15.6 Å². The molecular formula is C15H21Cl2N. The number of hydrogen-bond acceptors (Lipinski definition) is 1. The van der Waals surface area contributed by atoms with Crippen molar-refractivity contribution in [3.63, 3.8) is 0 Å². The summed E-state index contributed by atoms with van der Waals surface area (Å²) in [6.45, 7) is 6.83. The maximum Gasteiger partial charge on any atom is 0.0454 e. The van der Waals surface area contributed by atoms with Crippen LogP contribution in [0.2, 0.25) is 10.0 Å². The maximum absolute atomic E-state index is 6.25. The summed E-state index contributed by atoms with van der Waals surface area (Å²) in [5.41, 5.74) is 1.46. The van der Waals surface area contributed by atoms with Crippen LogP contribution in [-0.4, -0.2) is 6.04 Å². The summed E-state index contributed by atoms with van der Waals surface area (Å²) >= 11 is 12.3. The van der Waals surface area contributed by atoms with Crippen molar-refractivity contribution in [1.82, 2.24) is 5.32 Å². The van der Waals surface area contributed by atoms with Gasteiger partial charge in [0.15, 0.2) is 0 Å². The van der Waals surface area contributed by atoms with E-state index < -0.39 is 0 Å². The Morgan fingerprint density at radius 3 is 2.67 bits per heavy atom. The van der Waals surface area contributed by atoms with Gasteiger partial charge in [0.2, 0.25) is 0 Å². The van der Waals surface area contributed by atoms with Gasteiger partial charge in [0.1, 0.15) is 0 Å². The quantitative estimate of drug-likeness (QED) is 0.803. The molecule has 0 heterocycles. The first-order chi connectivity index (χ1) is 8.40. The second-order valence-electron chi connectivity index (χ2n) is 5.99. The molecule has 0 aromatic heterocycles. The van der Waals surface area contributed by atoms with Gasteiger partial charge in [-0.2, -0.15) is 0 Å². The molecule has 0 spiro atoms. The topological polar surface area (TPSA) is 12.0 Å². The fraction of sp³-hybridized carbons (Fsp3) is 0.600. The predicted molar refractivity (Wildman–Crippen MR) is 79.4 cm³/mol. The van der Waals surface area contributed by atoms with Crippen LogP contribution in [0.15, 0.2) is 18.2 Å². The van der Waals surface area contributed by atoms with Gasteiger partial charge in [0.25, 0.3) is 0 Å². The van der Waals surface area contributed by atoms with Gasteiger partial charge < -0.3 is 5.32 Å². The average Bonchev–Trinajstić information content (AvgIpc) is 2.62. The third kappa shape index (κ3) is 3.01. The second kappa shape index (κ2) is 5.40. The number of nitrogens with one attached hydrogen (secondary N) is 1. The second-order valence-corrected chi connectivity index (χ2v) is 6.83. The Balaban J connectivity index is 2.12. The van der Waals surface area contributed by atoms with Crippen molar-refractivity contribution in [3.8, 4) is 0 Å². The van der Waals surface area contributed by atoms with Crippen LogP contribution in [0.4, 0.5) is 0 Å². The lowest BCUT2D eigenvalue weighted by Crippen LogP contribution is -2.39. The van der Waals surface area contributed by atoms with E-state index in [1.165, 1.54) is 19.3 Å². The summed E-state index contributed by atoms with van der Waals surface area (Å²) in [6, 6.07) is 6.46. The smallest absolute Gasteiger partial charge is 0.0454 e. The predicted octanol–water partition coefficient (Wildman–Crippen LogP) is 5.22. The van der Waals surface area contributed by atoms with Gasteiger partial charge in [-0.1, -0.05) is 43.5 Å². The highest BCUT2D eigenvalue weighted by atomic mass is 35.5. The summed E-state index contributed by atoms with van der Waals surface area (Å²) in [6.07, 6.45) is 3.84. The first-order valence-electron chi connectivity index (χ1n) is 6.61. The van der Waals surface area contributed by atoms with Gasteiger partial charge >= 0.3 is 0 Å². The number of rotatable bonds is 3. The Morgan fingerprint density at radius 1 is 1.33 bits per heavy atom. The molecule has 1 aliphatic rings. The molecule has 1 saturated carbocycles. The van der Waals surface area contributed by atoms with E-state index >= 15 is 0 Å². The summed E-state index contributed by atoms with van der Waals surface area (Å²) in [4.78, 5) is 0. The molecule has 0 amide bonds. The van der Waals surface area contributed by atoms with Crippen molar-refractivity contribution in [2.75, 3.05) is 0 Å². The molecule has 1 N–H and O–H groups in total. The van der Waals surface area contributed by atoms with E-state index in [4.69, 9.17) is 23.2 Å². The summed E-state index contributed by atoms with van der Waals surface area (Å²) in [7, 11) is 0. The van der Waals surface area contributed by atoms with E-state index in [9.17, 15) is 0 Å². The van der Waals surface area contributed by atoms with Crippen LogP contribution >= 0.6 is 23.2 Å². The van der Waals surface area contributed by atoms with Crippen molar-refractivity contribution in [2.24, 2.45) is 5.41 Å². The number of benzene rings is 1. The third-order valence-electron chi connectivity index (χ3n) is 4.13.